The lowest BCUT2D eigenvalue weighted by Gasteiger charge is -2.20. The Morgan fingerprint density at radius 3 is 2.80 bits per heavy atom. The molecular weight excluding hydrogens is 266 g/mol. The summed E-state index contributed by atoms with van der Waals surface area (Å²) in [5.41, 5.74) is 7.73. The maximum Gasteiger partial charge on any atom is 0.129 e. The summed E-state index contributed by atoms with van der Waals surface area (Å²) in [5.74, 6) is 2.58. The Hall–Kier alpha value is -1.68. The fraction of sp³-hybridized carbons (Fsp3) is 0.375. The van der Waals surface area contributed by atoms with E-state index >= 15 is 0 Å². The number of fused-ring (bicyclic) bond motifs is 1. The molecule has 3 nitrogen and oxygen atoms in total. The van der Waals surface area contributed by atoms with Crippen molar-refractivity contribution in [3.05, 3.63) is 35.9 Å². The van der Waals surface area contributed by atoms with E-state index in [1.807, 2.05) is 30.3 Å². The highest BCUT2D eigenvalue weighted by Crippen LogP contribution is 2.38. The van der Waals surface area contributed by atoms with Gasteiger partial charge in [0.2, 0.25) is 0 Å². The second kappa shape index (κ2) is 5.02. The van der Waals surface area contributed by atoms with Crippen LogP contribution in [0.2, 0.25) is 0 Å². The van der Waals surface area contributed by atoms with Gasteiger partial charge in [-0.3, -0.25) is 0 Å². The molecule has 0 amide bonds. The number of para-hydroxylation sites is 1. The minimum Gasteiger partial charge on any atom is -0.389 e. The van der Waals surface area contributed by atoms with Gasteiger partial charge in [0.15, 0.2) is 0 Å². The molecule has 2 unspecified atom stereocenters. The van der Waals surface area contributed by atoms with Gasteiger partial charge in [-0.2, -0.15) is 0 Å². The van der Waals surface area contributed by atoms with Crippen LogP contribution in [0.15, 0.2) is 30.3 Å². The average molecular weight is 285 g/mol. The van der Waals surface area contributed by atoms with Gasteiger partial charge in [-0.05, 0) is 30.4 Å². The largest absolute Gasteiger partial charge is 0.389 e. The molecule has 0 radical (unpaired) electrons. The van der Waals surface area contributed by atoms with E-state index in [1.165, 1.54) is 6.42 Å². The molecule has 1 aromatic heterocycles. The van der Waals surface area contributed by atoms with Crippen LogP contribution in [0.5, 0.6) is 0 Å². The summed E-state index contributed by atoms with van der Waals surface area (Å²) >= 11 is 5.19. The Labute approximate surface area is 124 Å². The van der Waals surface area contributed by atoms with Crippen LogP contribution in [0.3, 0.4) is 0 Å². The monoisotopic (exact) mass is 285 g/mol. The topological polar surface area (TPSA) is 42.1 Å². The van der Waals surface area contributed by atoms with Crippen molar-refractivity contribution in [1.29, 1.82) is 0 Å². The quantitative estimate of drug-likeness (QED) is 0.877. The van der Waals surface area contributed by atoms with Crippen molar-refractivity contribution in [1.82, 2.24) is 4.98 Å². The standard InChI is InChI=1S/C16H19N3S/c1-10-7-11(10)9-19(2)15-8-13(16(17)20)12-5-3-4-6-14(12)18-15/h3-6,8,10-11H,7,9H2,1-2H3,(H2,17,20). The van der Waals surface area contributed by atoms with Crippen LogP contribution in [-0.4, -0.2) is 23.6 Å². The molecule has 1 aromatic carbocycles. The molecule has 1 heterocycles. The van der Waals surface area contributed by atoms with Gasteiger partial charge in [0, 0.05) is 24.5 Å². The zero-order valence-electron chi connectivity index (χ0n) is 11.8. The molecule has 1 aliphatic carbocycles. The Morgan fingerprint density at radius 2 is 2.15 bits per heavy atom. The Morgan fingerprint density at radius 1 is 1.45 bits per heavy atom. The van der Waals surface area contributed by atoms with Gasteiger partial charge in [0.25, 0.3) is 0 Å². The Balaban J connectivity index is 2.00. The second-order valence-corrected chi connectivity index (χ2v) is 6.20. The first-order valence-corrected chi connectivity index (χ1v) is 7.38. The van der Waals surface area contributed by atoms with E-state index in [0.717, 1.165) is 40.7 Å². The van der Waals surface area contributed by atoms with Crippen LogP contribution in [0.25, 0.3) is 10.9 Å². The van der Waals surface area contributed by atoms with Gasteiger partial charge >= 0.3 is 0 Å². The van der Waals surface area contributed by atoms with Gasteiger partial charge in [-0.1, -0.05) is 37.3 Å². The molecule has 2 atom stereocenters. The number of hydrogen-bond acceptors (Lipinski definition) is 3. The minimum absolute atomic E-state index is 0.429. The van der Waals surface area contributed by atoms with Crippen LogP contribution in [0.1, 0.15) is 18.9 Å². The fourth-order valence-corrected chi connectivity index (χ4v) is 2.83. The van der Waals surface area contributed by atoms with Crippen LogP contribution in [-0.2, 0) is 0 Å². The third-order valence-electron chi connectivity index (χ3n) is 4.14. The fourth-order valence-electron chi connectivity index (χ4n) is 2.66. The third kappa shape index (κ3) is 2.48. The summed E-state index contributed by atoms with van der Waals surface area (Å²) in [6.45, 7) is 3.34. The third-order valence-corrected chi connectivity index (χ3v) is 4.36. The van der Waals surface area contributed by atoms with Crippen molar-refractivity contribution in [2.75, 3.05) is 18.5 Å². The highest BCUT2D eigenvalue weighted by atomic mass is 32.1. The van der Waals surface area contributed by atoms with Gasteiger partial charge in [-0.25, -0.2) is 4.98 Å². The Bertz CT molecular complexity index is 668. The average Bonchev–Trinajstić information content (AvgIpc) is 3.12. The molecule has 4 heteroatoms. The molecular formula is C16H19N3S. The van der Waals surface area contributed by atoms with Gasteiger partial charge in [0.05, 0.1) is 5.52 Å². The SMILES string of the molecule is CC1CC1CN(C)c1cc(C(N)=S)c2ccccc2n1. The number of pyridine rings is 1. The van der Waals surface area contributed by atoms with Crippen molar-refractivity contribution in [3.63, 3.8) is 0 Å². The zero-order chi connectivity index (χ0) is 14.3. The first-order valence-electron chi connectivity index (χ1n) is 6.97. The Kier molecular flexibility index (Phi) is 3.34. The number of anilines is 1. The van der Waals surface area contributed by atoms with Crippen LogP contribution >= 0.6 is 12.2 Å². The van der Waals surface area contributed by atoms with Crippen molar-refractivity contribution in [3.8, 4) is 0 Å². The second-order valence-electron chi connectivity index (χ2n) is 5.76. The normalized spacial score (nSPS) is 20.9. The summed E-state index contributed by atoms with van der Waals surface area (Å²) in [7, 11) is 2.09. The number of thiocarbonyl (C=S) groups is 1. The number of rotatable bonds is 4. The molecule has 0 spiro atoms. The molecule has 2 aromatic rings. The number of hydrogen-bond donors (Lipinski definition) is 1. The zero-order valence-corrected chi connectivity index (χ0v) is 12.7. The van der Waals surface area contributed by atoms with Crippen LogP contribution in [0, 0.1) is 11.8 Å². The number of aromatic nitrogens is 1. The molecule has 0 bridgehead atoms. The molecule has 104 valence electrons. The molecule has 20 heavy (non-hydrogen) atoms. The lowest BCUT2D eigenvalue weighted by molar-refractivity contribution is 0.720. The van der Waals surface area contributed by atoms with E-state index in [0.29, 0.717) is 4.99 Å². The summed E-state index contributed by atoms with van der Waals surface area (Å²) in [5, 5.41) is 1.02. The van der Waals surface area contributed by atoms with E-state index < -0.39 is 0 Å². The van der Waals surface area contributed by atoms with Crippen molar-refractivity contribution >= 4 is 33.9 Å². The summed E-state index contributed by atoms with van der Waals surface area (Å²) < 4.78 is 0. The highest BCUT2D eigenvalue weighted by Gasteiger charge is 2.33. The van der Waals surface area contributed by atoms with Crippen molar-refractivity contribution in [2.24, 2.45) is 17.6 Å². The summed E-state index contributed by atoms with van der Waals surface area (Å²) in [6, 6.07) is 10.0. The predicted octanol–water partition coefficient (Wildman–Crippen LogP) is 2.96. The van der Waals surface area contributed by atoms with E-state index in [9.17, 15) is 0 Å². The van der Waals surface area contributed by atoms with E-state index in [1.54, 1.807) is 0 Å². The highest BCUT2D eigenvalue weighted by molar-refractivity contribution is 7.80. The molecule has 0 saturated heterocycles. The van der Waals surface area contributed by atoms with Crippen molar-refractivity contribution < 1.29 is 0 Å². The lowest BCUT2D eigenvalue weighted by atomic mass is 10.1. The number of benzene rings is 1. The number of nitrogens with zero attached hydrogens (tertiary/aromatic N) is 2. The molecule has 3 rings (SSSR count). The lowest BCUT2D eigenvalue weighted by Crippen LogP contribution is -2.22. The van der Waals surface area contributed by atoms with Crippen molar-refractivity contribution in [2.45, 2.75) is 13.3 Å². The van der Waals surface area contributed by atoms with Gasteiger partial charge < -0.3 is 10.6 Å². The maximum atomic E-state index is 5.87. The predicted molar refractivity (Wildman–Crippen MR) is 88.2 cm³/mol. The molecule has 1 aliphatic rings. The molecule has 1 fully saturated rings. The van der Waals surface area contributed by atoms with Crippen LogP contribution < -0.4 is 10.6 Å². The molecule has 2 N–H and O–H groups in total. The first-order chi connectivity index (χ1) is 9.56. The van der Waals surface area contributed by atoms with Crippen LogP contribution in [0.4, 0.5) is 5.82 Å². The maximum absolute atomic E-state index is 5.87. The molecule has 1 saturated carbocycles. The smallest absolute Gasteiger partial charge is 0.129 e. The van der Waals surface area contributed by atoms with Gasteiger partial charge in [-0.15, -0.1) is 0 Å². The van der Waals surface area contributed by atoms with E-state index in [2.05, 4.69) is 18.9 Å². The van der Waals surface area contributed by atoms with E-state index in [-0.39, 0.29) is 0 Å². The van der Waals surface area contributed by atoms with E-state index in [4.69, 9.17) is 22.9 Å². The number of nitrogens with two attached hydrogens (primary N) is 1. The summed E-state index contributed by atoms with van der Waals surface area (Å²) in [4.78, 5) is 7.37. The first kappa shape index (κ1) is 13.3. The minimum atomic E-state index is 0.429. The molecule has 0 aliphatic heterocycles. The van der Waals surface area contributed by atoms with Gasteiger partial charge in [0.1, 0.15) is 10.8 Å². The summed E-state index contributed by atoms with van der Waals surface area (Å²) in [6.07, 6.45) is 1.32.